The highest BCUT2D eigenvalue weighted by atomic mass is 32.2. The van der Waals surface area contributed by atoms with E-state index >= 15 is 0 Å². The van der Waals surface area contributed by atoms with E-state index in [2.05, 4.69) is 4.98 Å². The summed E-state index contributed by atoms with van der Waals surface area (Å²) in [6, 6.07) is 0. The Morgan fingerprint density at radius 2 is 2.07 bits per heavy atom. The summed E-state index contributed by atoms with van der Waals surface area (Å²) in [5.74, 6) is -1.51. The van der Waals surface area contributed by atoms with Crippen molar-refractivity contribution in [3.8, 4) is 0 Å². The normalized spacial score (nSPS) is 20.9. The fourth-order valence-corrected chi connectivity index (χ4v) is 5.65. The number of halogens is 3. The third kappa shape index (κ3) is 7.70. The summed E-state index contributed by atoms with van der Waals surface area (Å²) in [6.07, 6.45) is 0.830. The first-order valence-electron chi connectivity index (χ1n) is 9.85. The van der Waals surface area contributed by atoms with Gasteiger partial charge in [0.25, 0.3) is 0 Å². The van der Waals surface area contributed by atoms with Gasteiger partial charge in [-0.1, -0.05) is 18.2 Å². The Bertz CT molecular complexity index is 778. The number of nitrogens with zero attached hydrogens (tertiary/aromatic N) is 1. The maximum Gasteiger partial charge on any atom is 0.355 e. The van der Waals surface area contributed by atoms with Crippen LogP contribution in [0.25, 0.3) is 0 Å². The lowest BCUT2D eigenvalue weighted by Gasteiger charge is -2.24. The average Bonchev–Trinajstić information content (AvgIpc) is 3.28. The smallest absolute Gasteiger partial charge is 0.355 e. The highest BCUT2D eigenvalue weighted by Gasteiger charge is 2.34. The van der Waals surface area contributed by atoms with Gasteiger partial charge in [0.2, 0.25) is 0 Å². The quantitative estimate of drug-likeness (QED) is 0.385. The van der Waals surface area contributed by atoms with E-state index < -0.39 is 29.9 Å². The van der Waals surface area contributed by atoms with Gasteiger partial charge in [-0.05, 0) is 44.9 Å². The molecule has 1 aliphatic carbocycles. The Labute approximate surface area is 181 Å². The molecule has 0 radical (unpaired) electrons. The molecule has 0 amide bonds. The van der Waals surface area contributed by atoms with Crippen molar-refractivity contribution in [2.75, 3.05) is 5.75 Å². The van der Waals surface area contributed by atoms with Crippen LogP contribution in [-0.4, -0.2) is 38.3 Å². The zero-order valence-corrected chi connectivity index (χ0v) is 18.3. The van der Waals surface area contributed by atoms with Crippen LogP contribution in [0.1, 0.15) is 68.8 Å². The van der Waals surface area contributed by atoms with Crippen LogP contribution in [0, 0.1) is 11.8 Å². The van der Waals surface area contributed by atoms with E-state index in [9.17, 15) is 27.9 Å². The van der Waals surface area contributed by atoms with Gasteiger partial charge in [-0.25, -0.2) is 14.2 Å². The molecule has 168 valence electrons. The van der Waals surface area contributed by atoms with E-state index in [1.807, 2.05) is 0 Å². The lowest BCUT2D eigenvalue weighted by Crippen LogP contribution is -2.24. The molecule has 1 aromatic rings. The number of thiazole rings is 1. The summed E-state index contributed by atoms with van der Waals surface area (Å²) in [5, 5.41) is 20.7. The van der Waals surface area contributed by atoms with Gasteiger partial charge in [-0.15, -0.1) is 11.3 Å². The van der Waals surface area contributed by atoms with Gasteiger partial charge in [-0.3, -0.25) is 4.79 Å². The number of carbonyl (C=O) groups excluding carboxylic acids is 1. The maximum atomic E-state index is 12.9. The molecule has 1 aliphatic rings. The first-order chi connectivity index (χ1) is 14.1. The molecule has 0 aliphatic heterocycles. The minimum atomic E-state index is -2.34. The first-order valence-corrected chi connectivity index (χ1v) is 11.7. The topological polar surface area (TPSA) is 87.5 Å². The molecule has 10 heteroatoms. The predicted molar refractivity (Wildman–Crippen MR) is 110 cm³/mol. The van der Waals surface area contributed by atoms with E-state index in [1.54, 1.807) is 0 Å². The summed E-state index contributed by atoms with van der Waals surface area (Å²) < 4.78 is 37.9. The fourth-order valence-electron chi connectivity index (χ4n) is 3.76. The second-order valence-corrected chi connectivity index (χ2v) is 10.1. The molecule has 1 heterocycles. The van der Waals surface area contributed by atoms with E-state index in [-0.39, 0.29) is 29.7 Å². The molecule has 30 heavy (non-hydrogen) atoms. The summed E-state index contributed by atoms with van der Waals surface area (Å²) in [4.78, 5) is 27.2. The van der Waals surface area contributed by atoms with E-state index in [0.29, 0.717) is 35.8 Å². The molecule has 0 bridgehead atoms. The number of carboxylic acid groups (broad SMARTS) is 1. The van der Waals surface area contributed by atoms with Crippen LogP contribution >= 0.6 is 23.1 Å². The van der Waals surface area contributed by atoms with E-state index in [4.69, 9.17) is 5.11 Å². The standard InChI is InChI=1S/C20H26F3NO4S2/c1-20(28,9-6-14(21)17(22)23)8-2-3-12-4-5-16(25)13(12)7-10-29-19-24-15(11-30-19)18(26)27/h11-13,28H,2-10H2,1H3,(H,26,27)/t12-,13?,20+/m0/s1. The van der Waals surface area contributed by atoms with Crippen molar-refractivity contribution < 1.29 is 33.0 Å². The summed E-state index contributed by atoms with van der Waals surface area (Å²) in [7, 11) is 0. The van der Waals surface area contributed by atoms with Crippen molar-refractivity contribution in [1.82, 2.24) is 4.98 Å². The number of aromatic nitrogens is 1. The van der Waals surface area contributed by atoms with Gasteiger partial charge in [-0.2, -0.15) is 8.78 Å². The third-order valence-corrected chi connectivity index (χ3v) is 7.53. The molecule has 2 rings (SSSR count). The second-order valence-electron chi connectivity index (χ2n) is 7.87. The zero-order chi connectivity index (χ0) is 22.3. The van der Waals surface area contributed by atoms with Gasteiger partial charge >= 0.3 is 12.0 Å². The van der Waals surface area contributed by atoms with Crippen LogP contribution in [-0.2, 0) is 4.79 Å². The predicted octanol–water partition coefficient (Wildman–Crippen LogP) is 5.70. The lowest BCUT2D eigenvalue weighted by molar-refractivity contribution is -0.121. The highest BCUT2D eigenvalue weighted by molar-refractivity contribution is 8.01. The van der Waals surface area contributed by atoms with Crippen molar-refractivity contribution >= 4 is 34.9 Å². The number of allylic oxidation sites excluding steroid dienone is 1. The molecule has 2 N–H and O–H groups in total. The van der Waals surface area contributed by atoms with Crippen LogP contribution in [0.2, 0.25) is 0 Å². The van der Waals surface area contributed by atoms with Crippen LogP contribution in [0.15, 0.2) is 21.6 Å². The number of hydrogen-bond acceptors (Lipinski definition) is 6. The Kier molecular flexibility index (Phi) is 9.36. The summed E-state index contributed by atoms with van der Waals surface area (Å²) >= 11 is 2.71. The van der Waals surface area contributed by atoms with Crippen molar-refractivity contribution in [3.63, 3.8) is 0 Å². The van der Waals surface area contributed by atoms with Gasteiger partial charge in [0.1, 0.15) is 5.78 Å². The molecule has 5 nitrogen and oxygen atoms in total. The number of aliphatic hydroxyl groups is 1. The molecule has 3 atom stereocenters. The van der Waals surface area contributed by atoms with Crippen LogP contribution in [0.3, 0.4) is 0 Å². The highest BCUT2D eigenvalue weighted by Crippen LogP contribution is 2.37. The van der Waals surface area contributed by atoms with Gasteiger partial charge in [0.05, 0.1) is 5.60 Å². The first kappa shape index (κ1) is 24.9. The van der Waals surface area contributed by atoms with E-state index in [1.165, 1.54) is 35.4 Å². The molecule has 1 fully saturated rings. The summed E-state index contributed by atoms with van der Waals surface area (Å²) in [5.41, 5.74) is -1.21. The maximum absolute atomic E-state index is 12.9. The van der Waals surface area contributed by atoms with Crippen LogP contribution in [0.4, 0.5) is 13.2 Å². The summed E-state index contributed by atoms with van der Waals surface area (Å²) in [6.45, 7) is 1.52. The Morgan fingerprint density at radius 1 is 1.33 bits per heavy atom. The molecule has 0 aromatic carbocycles. The van der Waals surface area contributed by atoms with Crippen molar-refractivity contribution in [2.24, 2.45) is 11.8 Å². The monoisotopic (exact) mass is 465 g/mol. The molecule has 1 aromatic heterocycles. The van der Waals surface area contributed by atoms with Crippen molar-refractivity contribution in [3.05, 3.63) is 23.0 Å². The molecular weight excluding hydrogens is 439 g/mol. The van der Waals surface area contributed by atoms with E-state index in [0.717, 1.165) is 12.8 Å². The minimum Gasteiger partial charge on any atom is -0.476 e. The fraction of sp³-hybridized carbons (Fsp3) is 0.650. The largest absolute Gasteiger partial charge is 0.476 e. The average molecular weight is 466 g/mol. The number of carbonyl (C=O) groups is 2. The Balaban J connectivity index is 1.76. The number of hydrogen-bond donors (Lipinski definition) is 2. The number of carboxylic acids is 1. The van der Waals surface area contributed by atoms with Gasteiger partial charge in [0, 0.05) is 29.9 Å². The second kappa shape index (κ2) is 11.3. The molecule has 1 saturated carbocycles. The van der Waals surface area contributed by atoms with Crippen LogP contribution in [0.5, 0.6) is 0 Å². The lowest BCUT2D eigenvalue weighted by atomic mass is 9.86. The van der Waals surface area contributed by atoms with Crippen LogP contribution < -0.4 is 0 Å². The Hall–Kier alpha value is -1.39. The zero-order valence-electron chi connectivity index (χ0n) is 16.7. The SMILES string of the molecule is C[C@@](O)(CCC[C@H]1CCC(=O)C1CCSc1nc(C(=O)O)cs1)CCC(F)=C(F)F. The number of aromatic carboxylic acids is 1. The minimum absolute atomic E-state index is 0.0222. The number of ketones is 1. The molecule has 0 spiro atoms. The number of rotatable bonds is 12. The molecule has 0 saturated heterocycles. The third-order valence-electron chi connectivity index (χ3n) is 5.48. The molecular formula is C20H26F3NO4S2. The van der Waals surface area contributed by atoms with Gasteiger partial charge in [0.15, 0.2) is 15.9 Å². The molecule has 1 unspecified atom stereocenters. The number of thioether (sulfide) groups is 1. The van der Waals surface area contributed by atoms with Crippen molar-refractivity contribution in [2.45, 2.75) is 68.2 Å². The van der Waals surface area contributed by atoms with Crippen molar-refractivity contribution in [1.29, 1.82) is 0 Å². The van der Waals surface area contributed by atoms with Gasteiger partial charge < -0.3 is 10.2 Å². The Morgan fingerprint density at radius 3 is 2.70 bits per heavy atom. The number of Topliss-reactive ketones (excluding diaryl/α,β-unsaturated/α-hetero) is 1.